The van der Waals surface area contributed by atoms with Crippen LogP contribution in [0, 0.1) is 11.8 Å². The fourth-order valence-corrected chi connectivity index (χ4v) is 3.09. The predicted octanol–water partition coefficient (Wildman–Crippen LogP) is 3.16. The average Bonchev–Trinajstić information content (AvgIpc) is 2.90. The molecular formula is C16H20N2O3. The Balaban J connectivity index is 1.74. The van der Waals surface area contributed by atoms with Gasteiger partial charge >= 0.3 is 5.97 Å². The molecule has 112 valence electrons. The number of anilines is 1. The molecule has 1 aromatic heterocycles. The van der Waals surface area contributed by atoms with Crippen molar-refractivity contribution in [2.75, 3.05) is 18.0 Å². The number of benzene rings is 1. The number of oxazole rings is 1. The molecule has 21 heavy (non-hydrogen) atoms. The Bertz CT molecular complexity index is 604. The van der Waals surface area contributed by atoms with Crippen LogP contribution in [0.1, 0.15) is 26.2 Å². The van der Waals surface area contributed by atoms with Crippen LogP contribution in [-0.4, -0.2) is 29.1 Å². The molecule has 0 saturated carbocycles. The van der Waals surface area contributed by atoms with Crippen LogP contribution < -0.4 is 4.90 Å². The number of para-hydroxylation sites is 2. The third kappa shape index (κ3) is 3.01. The number of nitrogens with zero attached hydrogens (tertiary/aromatic N) is 2. The van der Waals surface area contributed by atoms with Gasteiger partial charge in [0, 0.05) is 19.5 Å². The van der Waals surface area contributed by atoms with Crippen LogP contribution in [0.2, 0.25) is 0 Å². The highest BCUT2D eigenvalue weighted by atomic mass is 16.4. The lowest BCUT2D eigenvalue weighted by Gasteiger charge is -2.34. The lowest BCUT2D eigenvalue weighted by Crippen LogP contribution is -2.38. The molecule has 1 aromatic carbocycles. The first kappa shape index (κ1) is 13.9. The summed E-state index contributed by atoms with van der Waals surface area (Å²) in [7, 11) is 0. The van der Waals surface area contributed by atoms with Gasteiger partial charge < -0.3 is 14.4 Å². The quantitative estimate of drug-likeness (QED) is 0.936. The Hall–Kier alpha value is -2.04. The molecule has 3 rings (SSSR count). The zero-order valence-corrected chi connectivity index (χ0v) is 12.2. The number of aliphatic carboxylic acids is 1. The molecule has 0 bridgehead atoms. The van der Waals surface area contributed by atoms with Crippen molar-refractivity contribution in [3.8, 4) is 0 Å². The minimum absolute atomic E-state index is 0.176. The number of carboxylic acid groups (broad SMARTS) is 1. The number of aromatic nitrogens is 1. The normalized spacial score (nSPS) is 20.6. The van der Waals surface area contributed by atoms with E-state index in [0.29, 0.717) is 11.9 Å². The number of carboxylic acids is 1. The molecular weight excluding hydrogens is 268 g/mol. The average molecular weight is 288 g/mol. The van der Waals surface area contributed by atoms with E-state index in [9.17, 15) is 4.79 Å². The molecule has 0 amide bonds. The summed E-state index contributed by atoms with van der Waals surface area (Å²) in [5, 5.41) is 8.95. The Morgan fingerprint density at radius 1 is 1.52 bits per heavy atom. The summed E-state index contributed by atoms with van der Waals surface area (Å²) in [6.45, 7) is 3.76. The predicted molar refractivity (Wildman–Crippen MR) is 80.4 cm³/mol. The van der Waals surface area contributed by atoms with Gasteiger partial charge in [-0.3, -0.25) is 4.79 Å². The van der Waals surface area contributed by atoms with Crippen molar-refractivity contribution >= 4 is 23.1 Å². The van der Waals surface area contributed by atoms with E-state index in [4.69, 9.17) is 9.52 Å². The molecule has 1 aliphatic rings. The van der Waals surface area contributed by atoms with Gasteiger partial charge in [0.2, 0.25) is 0 Å². The minimum Gasteiger partial charge on any atom is -0.481 e. The molecule has 2 aromatic rings. The van der Waals surface area contributed by atoms with Crippen LogP contribution in [0.15, 0.2) is 28.7 Å². The number of carbonyl (C=O) groups is 1. The van der Waals surface area contributed by atoms with Gasteiger partial charge in [-0.25, -0.2) is 0 Å². The van der Waals surface area contributed by atoms with Crippen LogP contribution >= 0.6 is 0 Å². The van der Waals surface area contributed by atoms with E-state index in [2.05, 4.69) is 9.88 Å². The maximum Gasteiger partial charge on any atom is 0.303 e. The van der Waals surface area contributed by atoms with E-state index in [1.807, 2.05) is 31.2 Å². The lowest BCUT2D eigenvalue weighted by molar-refractivity contribution is -0.138. The summed E-state index contributed by atoms with van der Waals surface area (Å²) < 4.78 is 5.82. The van der Waals surface area contributed by atoms with Gasteiger partial charge in [0.05, 0.1) is 0 Å². The Morgan fingerprint density at radius 3 is 3.10 bits per heavy atom. The largest absolute Gasteiger partial charge is 0.481 e. The monoisotopic (exact) mass is 288 g/mol. The molecule has 2 unspecified atom stereocenters. The molecule has 1 N–H and O–H groups in total. The Kier molecular flexibility index (Phi) is 3.82. The number of hydrogen-bond donors (Lipinski definition) is 1. The summed E-state index contributed by atoms with van der Waals surface area (Å²) in [4.78, 5) is 17.6. The first-order valence-electron chi connectivity index (χ1n) is 7.46. The second kappa shape index (κ2) is 5.76. The molecule has 1 saturated heterocycles. The van der Waals surface area contributed by atoms with Crippen molar-refractivity contribution in [2.45, 2.75) is 26.2 Å². The van der Waals surface area contributed by atoms with Gasteiger partial charge in [-0.15, -0.1) is 0 Å². The van der Waals surface area contributed by atoms with Gasteiger partial charge in [0.15, 0.2) is 5.58 Å². The fourth-order valence-electron chi connectivity index (χ4n) is 3.09. The molecule has 0 radical (unpaired) electrons. The van der Waals surface area contributed by atoms with Crippen molar-refractivity contribution in [3.63, 3.8) is 0 Å². The van der Waals surface area contributed by atoms with Crippen LogP contribution in [-0.2, 0) is 4.79 Å². The smallest absolute Gasteiger partial charge is 0.303 e. The van der Waals surface area contributed by atoms with Crippen LogP contribution in [0.4, 0.5) is 6.01 Å². The summed E-state index contributed by atoms with van der Waals surface area (Å²) in [6.07, 6.45) is 2.35. The number of piperidine rings is 1. The van der Waals surface area contributed by atoms with E-state index in [-0.39, 0.29) is 12.3 Å². The highest BCUT2D eigenvalue weighted by Crippen LogP contribution is 2.30. The topological polar surface area (TPSA) is 66.6 Å². The standard InChI is InChI=1S/C16H20N2O3/c1-11(9-15(19)20)12-5-4-8-18(10-12)16-17-13-6-2-3-7-14(13)21-16/h2-3,6-7,11-12H,4-5,8-10H2,1H3,(H,19,20). The van der Waals surface area contributed by atoms with Crippen LogP contribution in [0.3, 0.4) is 0 Å². The van der Waals surface area contributed by atoms with Gasteiger partial charge in [-0.1, -0.05) is 19.1 Å². The zero-order chi connectivity index (χ0) is 14.8. The first-order valence-corrected chi connectivity index (χ1v) is 7.46. The maximum absolute atomic E-state index is 10.9. The van der Waals surface area contributed by atoms with Crippen molar-refractivity contribution in [2.24, 2.45) is 11.8 Å². The molecule has 0 spiro atoms. The van der Waals surface area contributed by atoms with Crippen molar-refractivity contribution < 1.29 is 14.3 Å². The summed E-state index contributed by atoms with van der Waals surface area (Å²) >= 11 is 0. The van der Waals surface area contributed by atoms with E-state index in [1.54, 1.807) is 0 Å². The fraction of sp³-hybridized carbons (Fsp3) is 0.500. The Labute approximate surface area is 123 Å². The number of hydrogen-bond acceptors (Lipinski definition) is 4. The molecule has 2 atom stereocenters. The summed E-state index contributed by atoms with van der Waals surface area (Å²) in [6, 6.07) is 8.40. The molecule has 1 aliphatic heterocycles. The Morgan fingerprint density at radius 2 is 2.33 bits per heavy atom. The van der Waals surface area contributed by atoms with Crippen LogP contribution in [0.25, 0.3) is 11.1 Å². The van der Waals surface area contributed by atoms with Gasteiger partial charge in [0.1, 0.15) is 5.52 Å². The molecule has 1 fully saturated rings. The maximum atomic E-state index is 10.9. The van der Waals surface area contributed by atoms with Crippen molar-refractivity contribution in [1.82, 2.24) is 4.98 Å². The van der Waals surface area contributed by atoms with Gasteiger partial charge in [-0.2, -0.15) is 4.98 Å². The van der Waals surface area contributed by atoms with Crippen molar-refractivity contribution in [3.05, 3.63) is 24.3 Å². The molecule has 5 heteroatoms. The highest BCUT2D eigenvalue weighted by molar-refractivity contribution is 5.74. The second-order valence-electron chi connectivity index (χ2n) is 5.89. The molecule has 5 nitrogen and oxygen atoms in total. The summed E-state index contributed by atoms with van der Waals surface area (Å²) in [5.41, 5.74) is 1.67. The third-order valence-electron chi connectivity index (χ3n) is 4.31. The van der Waals surface area contributed by atoms with Crippen molar-refractivity contribution in [1.29, 1.82) is 0 Å². The minimum atomic E-state index is -0.721. The third-order valence-corrected chi connectivity index (χ3v) is 4.31. The van der Waals surface area contributed by atoms with Gasteiger partial charge in [0.25, 0.3) is 6.01 Å². The SMILES string of the molecule is CC(CC(=O)O)C1CCCN(c2nc3ccccc3o2)C1. The highest BCUT2D eigenvalue weighted by Gasteiger charge is 2.28. The lowest BCUT2D eigenvalue weighted by atomic mass is 9.85. The van der Waals surface area contributed by atoms with E-state index < -0.39 is 5.97 Å². The van der Waals surface area contributed by atoms with Crippen LogP contribution in [0.5, 0.6) is 0 Å². The van der Waals surface area contributed by atoms with Gasteiger partial charge in [-0.05, 0) is 36.8 Å². The second-order valence-corrected chi connectivity index (χ2v) is 5.89. The van der Waals surface area contributed by atoms with E-state index in [1.165, 1.54) is 0 Å². The summed E-state index contributed by atoms with van der Waals surface area (Å²) in [5.74, 6) is -0.166. The number of fused-ring (bicyclic) bond motifs is 1. The first-order chi connectivity index (χ1) is 10.1. The molecule has 0 aliphatic carbocycles. The number of rotatable bonds is 4. The molecule has 2 heterocycles. The van der Waals surface area contributed by atoms with E-state index in [0.717, 1.165) is 37.0 Å². The van der Waals surface area contributed by atoms with E-state index >= 15 is 0 Å². The zero-order valence-electron chi connectivity index (χ0n) is 12.2.